The lowest BCUT2D eigenvalue weighted by atomic mass is 10.2. The second-order valence-electron chi connectivity index (χ2n) is 10.1. The highest BCUT2D eigenvalue weighted by Gasteiger charge is 2.34. The average Bonchev–Trinajstić information content (AvgIpc) is 3.28. The summed E-state index contributed by atoms with van der Waals surface area (Å²) in [5, 5.41) is 9.24. The van der Waals surface area contributed by atoms with Crippen molar-refractivity contribution < 1.29 is 27.8 Å². The van der Waals surface area contributed by atoms with Crippen LogP contribution in [0.4, 0.5) is 19.0 Å². The van der Waals surface area contributed by atoms with Crippen molar-refractivity contribution in [2.45, 2.75) is 52.1 Å². The van der Waals surface area contributed by atoms with Gasteiger partial charge in [0.15, 0.2) is 10.6 Å². The molecule has 212 valence electrons. The number of aliphatic hydroxyl groups excluding tert-OH is 1. The van der Waals surface area contributed by atoms with Crippen LogP contribution in [-0.4, -0.2) is 44.3 Å². The van der Waals surface area contributed by atoms with E-state index >= 15 is 0 Å². The fraction of sp³-hybridized carbons (Fsp3) is 0.346. The molecule has 0 bridgehead atoms. The average molecular weight is 591 g/mol. The molecule has 0 atom stereocenters. The van der Waals surface area contributed by atoms with E-state index in [4.69, 9.17) is 9.47 Å². The van der Waals surface area contributed by atoms with Gasteiger partial charge in [-0.15, -0.1) is 0 Å². The number of hydrogen-bond acceptors (Lipinski definition) is 9. The van der Waals surface area contributed by atoms with Crippen molar-refractivity contribution in [3.8, 4) is 22.3 Å². The van der Waals surface area contributed by atoms with Gasteiger partial charge in [-0.1, -0.05) is 43.1 Å². The van der Waals surface area contributed by atoms with Gasteiger partial charge >= 0.3 is 12.2 Å². The first-order valence-electron chi connectivity index (χ1n) is 12.4. The van der Waals surface area contributed by atoms with Crippen LogP contribution in [-0.2, 0) is 24.3 Å². The zero-order valence-electron chi connectivity index (χ0n) is 22.4. The number of rotatable bonds is 10. The molecular formula is C26H29F3N6O3SSi. The molecular weight excluding hydrogens is 561 g/mol. The van der Waals surface area contributed by atoms with E-state index in [1.807, 2.05) is 10.8 Å². The van der Waals surface area contributed by atoms with Gasteiger partial charge in [0.05, 0.1) is 40.8 Å². The van der Waals surface area contributed by atoms with Crippen molar-refractivity contribution in [3.05, 3.63) is 70.7 Å². The van der Waals surface area contributed by atoms with Crippen LogP contribution in [0.1, 0.15) is 17.0 Å². The molecule has 14 heteroatoms. The van der Waals surface area contributed by atoms with Gasteiger partial charge in [0.25, 0.3) is 0 Å². The number of nitrogens with zero attached hydrogens (tertiary/aromatic N) is 6. The molecule has 0 spiro atoms. The van der Waals surface area contributed by atoms with E-state index in [1.165, 1.54) is 41.9 Å². The molecule has 4 rings (SSSR count). The summed E-state index contributed by atoms with van der Waals surface area (Å²) in [7, 11) is -1.28. The SMILES string of the molecule is Cc1cc(-c2cn(COCC[Si](C)(C)C)c(=Nc3cnc(CO)cn3)s2)nc(Oc2ccccc2C(F)(F)F)n1. The Balaban J connectivity index is 1.68. The van der Waals surface area contributed by atoms with Crippen LogP contribution in [0.2, 0.25) is 25.7 Å². The van der Waals surface area contributed by atoms with Gasteiger partial charge in [-0.25, -0.2) is 9.97 Å². The van der Waals surface area contributed by atoms with Gasteiger partial charge in [-0.2, -0.15) is 23.1 Å². The first-order valence-corrected chi connectivity index (χ1v) is 16.9. The van der Waals surface area contributed by atoms with Crippen LogP contribution in [0.15, 0.2) is 53.9 Å². The summed E-state index contributed by atoms with van der Waals surface area (Å²) in [4.78, 5) is 22.8. The summed E-state index contributed by atoms with van der Waals surface area (Å²) >= 11 is 1.29. The molecule has 3 heterocycles. The van der Waals surface area contributed by atoms with Crippen LogP contribution >= 0.6 is 11.3 Å². The van der Waals surface area contributed by atoms with Crippen LogP contribution in [0.25, 0.3) is 10.6 Å². The Morgan fingerprint density at radius 3 is 2.55 bits per heavy atom. The maximum Gasteiger partial charge on any atom is 0.419 e. The molecule has 0 aliphatic carbocycles. The predicted molar refractivity (Wildman–Crippen MR) is 147 cm³/mol. The predicted octanol–water partition coefficient (Wildman–Crippen LogP) is 5.95. The van der Waals surface area contributed by atoms with Gasteiger partial charge in [-0.3, -0.25) is 9.55 Å². The maximum absolute atomic E-state index is 13.5. The van der Waals surface area contributed by atoms with Crippen molar-refractivity contribution in [1.29, 1.82) is 0 Å². The third-order valence-electron chi connectivity index (χ3n) is 5.49. The van der Waals surface area contributed by atoms with Gasteiger partial charge in [-0.05, 0) is 31.2 Å². The smallest absolute Gasteiger partial charge is 0.419 e. The molecule has 3 aromatic heterocycles. The second-order valence-corrected chi connectivity index (χ2v) is 16.7. The van der Waals surface area contributed by atoms with E-state index in [-0.39, 0.29) is 25.1 Å². The maximum atomic E-state index is 13.5. The first-order chi connectivity index (χ1) is 18.9. The number of halogens is 3. The lowest BCUT2D eigenvalue weighted by molar-refractivity contribution is -0.138. The summed E-state index contributed by atoms with van der Waals surface area (Å²) in [6.45, 7) is 9.12. The Bertz CT molecular complexity index is 1520. The van der Waals surface area contributed by atoms with Gasteiger partial charge in [0.1, 0.15) is 12.5 Å². The molecule has 4 aromatic rings. The molecule has 0 unspecified atom stereocenters. The highest BCUT2D eigenvalue weighted by Crippen LogP contribution is 2.37. The molecule has 1 aromatic carbocycles. The Hall–Kier alpha value is -3.46. The van der Waals surface area contributed by atoms with Gasteiger partial charge < -0.3 is 14.6 Å². The molecule has 0 amide bonds. The monoisotopic (exact) mass is 590 g/mol. The lowest BCUT2D eigenvalue weighted by Crippen LogP contribution is -2.23. The Labute approximate surface area is 234 Å². The van der Waals surface area contributed by atoms with E-state index in [9.17, 15) is 18.3 Å². The van der Waals surface area contributed by atoms with E-state index in [2.05, 4.69) is 44.6 Å². The number of alkyl halides is 3. The van der Waals surface area contributed by atoms with Crippen molar-refractivity contribution >= 4 is 25.2 Å². The molecule has 0 radical (unpaired) electrons. The number of para-hydroxylation sites is 1. The normalized spacial score (nSPS) is 12.7. The number of ether oxygens (including phenoxy) is 2. The standard InChI is InChI=1S/C26H29F3N6O3SSi/c1-17-11-20(33-24(32-17)38-21-8-6-5-7-19(21)26(27,28)29)22-14-35(16-37-9-10-40(2,3)4)25(39-22)34-23-13-30-18(15-36)12-31-23/h5-8,11-14,36H,9-10,15-16H2,1-4H3. The minimum absolute atomic E-state index is 0.206. The fourth-order valence-corrected chi connectivity index (χ4v) is 5.11. The summed E-state index contributed by atoms with van der Waals surface area (Å²) < 4.78 is 53.7. The second kappa shape index (κ2) is 12.4. The minimum atomic E-state index is -4.59. The molecule has 0 saturated heterocycles. The van der Waals surface area contributed by atoms with Gasteiger partial charge in [0.2, 0.25) is 0 Å². The number of hydrogen-bond donors (Lipinski definition) is 1. The summed E-state index contributed by atoms with van der Waals surface area (Å²) in [6.07, 6.45) is 0.119. The molecule has 0 saturated carbocycles. The molecule has 0 fully saturated rings. The van der Waals surface area contributed by atoms with Gasteiger partial charge in [0, 0.05) is 26.6 Å². The van der Waals surface area contributed by atoms with Crippen molar-refractivity contribution in [3.63, 3.8) is 0 Å². The fourth-order valence-electron chi connectivity index (χ4n) is 3.41. The zero-order chi connectivity index (χ0) is 28.9. The van der Waals surface area contributed by atoms with Crippen molar-refractivity contribution in [2.24, 2.45) is 4.99 Å². The first kappa shape index (κ1) is 29.5. The molecule has 0 aliphatic rings. The highest BCUT2D eigenvalue weighted by atomic mass is 32.1. The lowest BCUT2D eigenvalue weighted by Gasteiger charge is -2.15. The topological polar surface area (TPSA) is 108 Å². The Kier molecular flexibility index (Phi) is 9.13. The number of aryl methyl sites for hydroxylation is 1. The minimum Gasteiger partial charge on any atom is -0.424 e. The van der Waals surface area contributed by atoms with Crippen molar-refractivity contribution in [2.75, 3.05) is 6.61 Å². The molecule has 9 nitrogen and oxygen atoms in total. The zero-order valence-corrected chi connectivity index (χ0v) is 24.3. The Morgan fingerprint density at radius 1 is 1.10 bits per heavy atom. The summed E-state index contributed by atoms with van der Waals surface area (Å²) in [5.41, 5.74) is 0.473. The number of aliphatic hydroxyl groups is 1. The highest BCUT2D eigenvalue weighted by molar-refractivity contribution is 7.12. The summed E-state index contributed by atoms with van der Waals surface area (Å²) in [6, 6.07) is 7.42. The Morgan fingerprint density at radius 2 is 1.88 bits per heavy atom. The largest absolute Gasteiger partial charge is 0.424 e. The number of benzene rings is 1. The van der Waals surface area contributed by atoms with Crippen LogP contribution in [0.3, 0.4) is 0 Å². The molecule has 0 aliphatic heterocycles. The van der Waals surface area contributed by atoms with Crippen molar-refractivity contribution in [1.82, 2.24) is 24.5 Å². The van der Waals surface area contributed by atoms with E-state index in [0.717, 1.165) is 12.1 Å². The third kappa shape index (κ3) is 8.03. The third-order valence-corrected chi connectivity index (χ3v) is 8.24. The van der Waals surface area contributed by atoms with E-state index < -0.39 is 19.8 Å². The summed E-state index contributed by atoms with van der Waals surface area (Å²) in [5.74, 6) is -0.0442. The molecule has 40 heavy (non-hydrogen) atoms. The van der Waals surface area contributed by atoms with E-state index in [1.54, 1.807) is 13.0 Å². The number of thiazole rings is 1. The van der Waals surface area contributed by atoms with Crippen LogP contribution < -0.4 is 9.54 Å². The number of aromatic nitrogens is 5. The van der Waals surface area contributed by atoms with E-state index in [0.29, 0.717) is 39.2 Å². The molecule has 1 N–H and O–H groups in total. The quantitative estimate of drug-likeness (QED) is 0.180. The van der Waals surface area contributed by atoms with Crippen LogP contribution in [0.5, 0.6) is 11.8 Å². The van der Waals surface area contributed by atoms with Crippen LogP contribution in [0, 0.1) is 6.92 Å².